The lowest BCUT2D eigenvalue weighted by Gasteiger charge is -2.29. The molecule has 1 aliphatic rings. The number of imidazole rings is 1. The van der Waals surface area contributed by atoms with Crippen molar-refractivity contribution in [3.05, 3.63) is 18.2 Å². The average molecular weight is 286 g/mol. The van der Waals surface area contributed by atoms with Crippen LogP contribution in [-0.2, 0) is 16.6 Å². The molecule has 1 aliphatic heterocycles. The Morgan fingerprint density at radius 1 is 1.58 bits per heavy atom. The van der Waals surface area contributed by atoms with Gasteiger partial charge in [0.05, 0.1) is 0 Å². The number of aromatic nitrogens is 2. The Hall–Kier alpha value is -0.920. The number of rotatable bonds is 6. The van der Waals surface area contributed by atoms with E-state index in [1.54, 1.807) is 16.7 Å². The molecule has 1 aromatic rings. The fourth-order valence-electron chi connectivity index (χ4n) is 2.35. The number of H-pyrrole nitrogens is 1. The summed E-state index contributed by atoms with van der Waals surface area (Å²) in [6.45, 7) is 3.82. The van der Waals surface area contributed by atoms with Gasteiger partial charge >= 0.3 is 0 Å². The van der Waals surface area contributed by atoms with Gasteiger partial charge in [-0.25, -0.2) is 9.71 Å². The van der Waals surface area contributed by atoms with Crippen molar-refractivity contribution >= 4 is 10.2 Å². The molecule has 1 atom stereocenters. The fraction of sp³-hybridized carbons (Fsp3) is 0.750. The van der Waals surface area contributed by atoms with E-state index in [2.05, 4.69) is 21.6 Å². The van der Waals surface area contributed by atoms with Crippen LogP contribution in [0.4, 0.5) is 0 Å². The highest BCUT2D eigenvalue weighted by atomic mass is 32.2. The van der Waals surface area contributed by atoms with Crippen LogP contribution in [0.5, 0.6) is 0 Å². The van der Waals surface area contributed by atoms with E-state index in [9.17, 15) is 8.42 Å². The van der Waals surface area contributed by atoms with Gasteiger partial charge in [-0.2, -0.15) is 12.7 Å². The van der Waals surface area contributed by atoms with Gasteiger partial charge in [-0.3, -0.25) is 0 Å². The highest BCUT2D eigenvalue weighted by molar-refractivity contribution is 7.87. The van der Waals surface area contributed by atoms with Crippen molar-refractivity contribution in [1.82, 2.24) is 19.0 Å². The molecule has 1 fully saturated rings. The maximum Gasteiger partial charge on any atom is 0.279 e. The molecule has 108 valence electrons. The van der Waals surface area contributed by atoms with E-state index >= 15 is 0 Å². The molecule has 6 nitrogen and oxygen atoms in total. The molecule has 0 spiro atoms. The number of piperidine rings is 1. The van der Waals surface area contributed by atoms with Gasteiger partial charge in [-0.05, 0) is 25.2 Å². The Kier molecular flexibility index (Phi) is 4.95. The van der Waals surface area contributed by atoms with Crippen molar-refractivity contribution < 1.29 is 8.42 Å². The quantitative estimate of drug-likeness (QED) is 0.763. The van der Waals surface area contributed by atoms with Crippen LogP contribution in [0, 0.1) is 5.92 Å². The number of aryl methyl sites for hydroxylation is 1. The molecule has 0 saturated carbocycles. The molecule has 0 aromatic carbocycles. The topological polar surface area (TPSA) is 78.1 Å². The Morgan fingerprint density at radius 3 is 3.11 bits per heavy atom. The number of hydrogen-bond donors (Lipinski definition) is 2. The standard InChI is InChI=1S/C12H22N4O2S/c1-11-4-3-9-16(10-11)19(17,18)15-6-2-5-12-13-7-8-14-12/h7-8,11,15H,2-6,9-10H2,1H3,(H,13,14). The van der Waals surface area contributed by atoms with Gasteiger partial charge in [-0.1, -0.05) is 6.92 Å². The molecule has 1 unspecified atom stereocenters. The van der Waals surface area contributed by atoms with Crippen molar-refractivity contribution in [2.45, 2.75) is 32.6 Å². The summed E-state index contributed by atoms with van der Waals surface area (Å²) in [6.07, 6.45) is 7.05. The first-order valence-corrected chi connectivity index (χ1v) is 8.25. The SMILES string of the molecule is CC1CCCN(S(=O)(=O)NCCCc2ncc[nH]2)C1. The molecule has 2 heterocycles. The zero-order valence-corrected chi connectivity index (χ0v) is 12.1. The first kappa shape index (κ1) is 14.5. The molecule has 2 rings (SSSR count). The van der Waals surface area contributed by atoms with E-state index < -0.39 is 10.2 Å². The smallest absolute Gasteiger partial charge is 0.279 e. The van der Waals surface area contributed by atoms with Gasteiger partial charge < -0.3 is 4.98 Å². The van der Waals surface area contributed by atoms with E-state index in [-0.39, 0.29) is 0 Å². The van der Waals surface area contributed by atoms with Crippen molar-refractivity contribution in [2.24, 2.45) is 5.92 Å². The van der Waals surface area contributed by atoms with Crippen LogP contribution in [-0.4, -0.2) is 42.3 Å². The third-order valence-corrected chi connectivity index (χ3v) is 4.97. The van der Waals surface area contributed by atoms with Crippen LogP contribution >= 0.6 is 0 Å². The first-order valence-electron chi connectivity index (χ1n) is 6.81. The highest BCUT2D eigenvalue weighted by Crippen LogP contribution is 2.17. The largest absolute Gasteiger partial charge is 0.349 e. The molecule has 0 aliphatic carbocycles. The third kappa shape index (κ3) is 4.29. The van der Waals surface area contributed by atoms with E-state index in [0.29, 0.717) is 25.6 Å². The summed E-state index contributed by atoms with van der Waals surface area (Å²) in [6, 6.07) is 0. The van der Waals surface area contributed by atoms with Crippen molar-refractivity contribution in [2.75, 3.05) is 19.6 Å². The number of nitrogens with one attached hydrogen (secondary N) is 2. The molecule has 1 aromatic heterocycles. The van der Waals surface area contributed by atoms with Crippen LogP contribution in [0.1, 0.15) is 32.0 Å². The maximum absolute atomic E-state index is 12.1. The summed E-state index contributed by atoms with van der Waals surface area (Å²) < 4.78 is 28.4. The van der Waals surface area contributed by atoms with Crippen LogP contribution in [0.25, 0.3) is 0 Å². The van der Waals surface area contributed by atoms with Gasteiger partial charge in [0, 0.05) is 38.4 Å². The molecular weight excluding hydrogens is 264 g/mol. The number of aromatic amines is 1. The van der Waals surface area contributed by atoms with E-state index in [1.165, 1.54) is 0 Å². The molecule has 2 N–H and O–H groups in total. The third-order valence-electron chi connectivity index (χ3n) is 3.39. The lowest BCUT2D eigenvalue weighted by Crippen LogP contribution is -2.45. The molecular formula is C12H22N4O2S. The zero-order valence-electron chi connectivity index (χ0n) is 11.3. The molecule has 0 bridgehead atoms. The van der Waals surface area contributed by atoms with Crippen molar-refractivity contribution in [3.63, 3.8) is 0 Å². The summed E-state index contributed by atoms with van der Waals surface area (Å²) >= 11 is 0. The maximum atomic E-state index is 12.1. The van der Waals surface area contributed by atoms with E-state index in [0.717, 1.165) is 31.5 Å². The van der Waals surface area contributed by atoms with Gasteiger partial charge in [0.15, 0.2) is 0 Å². The van der Waals surface area contributed by atoms with Crippen LogP contribution in [0.2, 0.25) is 0 Å². The molecule has 19 heavy (non-hydrogen) atoms. The Balaban J connectivity index is 1.74. The minimum Gasteiger partial charge on any atom is -0.349 e. The molecule has 7 heteroatoms. The van der Waals surface area contributed by atoms with E-state index in [1.807, 2.05) is 0 Å². The Morgan fingerprint density at radius 2 is 2.42 bits per heavy atom. The minimum atomic E-state index is -3.30. The minimum absolute atomic E-state index is 0.452. The number of nitrogens with zero attached hydrogens (tertiary/aromatic N) is 2. The van der Waals surface area contributed by atoms with Gasteiger partial charge in [0.2, 0.25) is 0 Å². The van der Waals surface area contributed by atoms with Gasteiger partial charge in [0.1, 0.15) is 5.82 Å². The highest BCUT2D eigenvalue weighted by Gasteiger charge is 2.26. The van der Waals surface area contributed by atoms with Crippen LogP contribution in [0.3, 0.4) is 0 Å². The first-order chi connectivity index (χ1) is 9.08. The fourth-order valence-corrected chi connectivity index (χ4v) is 3.75. The Bertz CT molecular complexity index is 472. The lowest BCUT2D eigenvalue weighted by atomic mass is 10.0. The van der Waals surface area contributed by atoms with Gasteiger partial charge in [0.25, 0.3) is 10.2 Å². The average Bonchev–Trinajstić information content (AvgIpc) is 2.88. The van der Waals surface area contributed by atoms with Gasteiger partial charge in [-0.15, -0.1) is 0 Å². The van der Waals surface area contributed by atoms with Crippen molar-refractivity contribution in [3.8, 4) is 0 Å². The monoisotopic (exact) mass is 286 g/mol. The lowest BCUT2D eigenvalue weighted by molar-refractivity contribution is 0.278. The van der Waals surface area contributed by atoms with Crippen LogP contribution in [0.15, 0.2) is 12.4 Å². The second-order valence-corrected chi connectivity index (χ2v) is 6.90. The number of hydrogen-bond acceptors (Lipinski definition) is 3. The summed E-state index contributed by atoms with van der Waals surface area (Å²) in [5.41, 5.74) is 0. The summed E-state index contributed by atoms with van der Waals surface area (Å²) in [5, 5.41) is 0. The predicted octanol–water partition coefficient (Wildman–Crippen LogP) is 0.909. The van der Waals surface area contributed by atoms with E-state index in [4.69, 9.17) is 0 Å². The van der Waals surface area contributed by atoms with Crippen molar-refractivity contribution in [1.29, 1.82) is 0 Å². The normalized spacial score (nSPS) is 21.6. The Labute approximate surface area is 114 Å². The molecule has 1 saturated heterocycles. The molecule has 0 radical (unpaired) electrons. The second-order valence-electron chi connectivity index (χ2n) is 5.14. The summed E-state index contributed by atoms with van der Waals surface area (Å²) in [5.74, 6) is 1.35. The second kappa shape index (κ2) is 6.49. The zero-order chi connectivity index (χ0) is 13.7. The predicted molar refractivity (Wildman–Crippen MR) is 73.8 cm³/mol. The summed E-state index contributed by atoms with van der Waals surface area (Å²) in [4.78, 5) is 7.11. The summed E-state index contributed by atoms with van der Waals surface area (Å²) in [7, 11) is -3.30. The van der Waals surface area contributed by atoms with Crippen LogP contribution < -0.4 is 4.72 Å². The molecule has 0 amide bonds.